The van der Waals surface area contributed by atoms with E-state index in [1.165, 1.54) is 6.07 Å². The number of nitrogens with two attached hydrogens (primary N) is 1. The first-order valence-electron chi connectivity index (χ1n) is 6.60. The Kier molecular flexibility index (Phi) is 3.03. The van der Waals surface area contributed by atoms with Gasteiger partial charge in [0.2, 0.25) is 5.91 Å². The third-order valence-electron chi connectivity index (χ3n) is 4.30. The summed E-state index contributed by atoms with van der Waals surface area (Å²) in [5, 5.41) is 6.53. The largest absolute Gasteiger partial charge is 0.368 e. The third-order valence-corrected chi connectivity index (χ3v) is 4.30. The summed E-state index contributed by atoms with van der Waals surface area (Å²) in [7, 11) is 0. The lowest BCUT2D eigenvalue weighted by Gasteiger charge is -2.14. The lowest BCUT2D eigenvalue weighted by atomic mass is 9.99. The highest BCUT2D eigenvalue weighted by molar-refractivity contribution is 5.80. The molecule has 1 heterocycles. The van der Waals surface area contributed by atoms with Gasteiger partial charge < -0.3 is 16.4 Å². The molecular formula is C14H18FN3O. The van der Waals surface area contributed by atoms with Crippen molar-refractivity contribution in [2.45, 2.75) is 31.5 Å². The van der Waals surface area contributed by atoms with Crippen molar-refractivity contribution in [3.05, 3.63) is 35.6 Å². The van der Waals surface area contributed by atoms with Crippen LogP contribution in [0.15, 0.2) is 24.3 Å². The number of amides is 1. The van der Waals surface area contributed by atoms with Crippen molar-refractivity contribution in [1.29, 1.82) is 0 Å². The number of halogens is 1. The summed E-state index contributed by atoms with van der Waals surface area (Å²) in [6.45, 7) is 1.31. The maximum atomic E-state index is 13.5. The molecule has 0 radical (unpaired) electrons. The van der Waals surface area contributed by atoms with Crippen molar-refractivity contribution < 1.29 is 9.18 Å². The topological polar surface area (TPSA) is 67.2 Å². The van der Waals surface area contributed by atoms with Crippen molar-refractivity contribution in [2.75, 3.05) is 6.54 Å². The van der Waals surface area contributed by atoms with Gasteiger partial charge in [-0.05, 0) is 18.9 Å². The van der Waals surface area contributed by atoms with Crippen LogP contribution in [0.2, 0.25) is 0 Å². The predicted molar refractivity (Wildman–Crippen MR) is 69.7 cm³/mol. The minimum atomic E-state index is -0.277. The summed E-state index contributed by atoms with van der Waals surface area (Å²) in [4.78, 5) is 11.1. The molecule has 0 aromatic heterocycles. The molecule has 0 spiro atoms. The van der Waals surface area contributed by atoms with Crippen LogP contribution in [-0.2, 0) is 11.3 Å². The van der Waals surface area contributed by atoms with Gasteiger partial charge in [0, 0.05) is 30.1 Å². The third kappa shape index (κ3) is 2.35. The van der Waals surface area contributed by atoms with Gasteiger partial charge in [0.1, 0.15) is 5.82 Å². The summed E-state index contributed by atoms with van der Waals surface area (Å²) in [6.07, 6.45) is 1.86. The fourth-order valence-electron chi connectivity index (χ4n) is 3.06. The Bertz CT molecular complexity index is 507. The summed E-state index contributed by atoms with van der Waals surface area (Å²) in [6, 6.07) is 6.96. The zero-order valence-electron chi connectivity index (χ0n) is 10.7. The number of fused-ring (bicyclic) bond motifs is 1. The first-order chi connectivity index (χ1) is 9.11. The van der Waals surface area contributed by atoms with Gasteiger partial charge in [-0.25, -0.2) is 4.39 Å². The predicted octanol–water partition coefficient (Wildman–Crippen LogP) is 0.521. The molecule has 1 aliphatic carbocycles. The fourth-order valence-corrected chi connectivity index (χ4v) is 3.06. The van der Waals surface area contributed by atoms with E-state index in [1.807, 2.05) is 6.07 Å². The van der Waals surface area contributed by atoms with E-state index in [0.717, 1.165) is 19.4 Å². The van der Waals surface area contributed by atoms with E-state index in [2.05, 4.69) is 10.6 Å². The normalized spacial score (nSPS) is 32.1. The number of hydrogen-bond acceptors (Lipinski definition) is 3. The maximum Gasteiger partial charge on any atom is 0.234 e. The van der Waals surface area contributed by atoms with Crippen molar-refractivity contribution in [3.63, 3.8) is 0 Å². The molecule has 1 aliphatic heterocycles. The van der Waals surface area contributed by atoms with E-state index >= 15 is 0 Å². The molecule has 4 nitrogen and oxygen atoms in total. The molecule has 1 saturated carbocycles. The Morgan fingerprint density at radius 3 is 2.95 bits per heavy atom. The zero-order valence-corrected chi connectivity index (χ0v) is 10.7. The molecule has 1 aromatic rings. The van der Waals surface area contributed by atoms with Gasteiger partial charge in [-0.3, -0.25) is 4.79 Å². The van der Waals surface area contributed by atoms with Gasteiger partial charge in [-0.15, -0.1) is 0 Å². The Morgan fingerprint density at radius 2 is 2.26 bits per heavy atom. The second-order valence-electron chi connectivity index (χ2n) is 5.64. The maximum absolute atomic E-state index is 13.5. The average Bonchev–Trinajstić information content (AvgIpc) is 2.93. The number of nitrogens with one attached hydrogen (secondary N) is 2. The van der Waals surface area contributed by atoms with Crippen LogP contribution in [0, 0.1) is 11.2 Å². The number of piperidine rings is 1. The van der Waals surface area contributed by atoms with E-state index in [9.17, 15) is 9.18 Å². The highest BCUT2D eigenvalue weighted by Crippen LogP contribution is 2.53. The number of hydrogen-bond donors (Lipinski definition) is 3. The molecular weight excluding hydrogens is 245 g/mol. The molecule has 19 heavy (non-hydrogen) atoms. The van der Waals surface area contributed by atoms with Crippen molar-refractivity contribution >= 4 is 5.91 Å². The van der Waals surface area contributed by atoms with Crippen LogP contribution >= 0.6 is 0 Å². The van der Waals surface area contributed by atoms with Crippen LogP contribution in [0.1, 0.15) is 18.4 Å². The zero-order chi connectivity index (χ0) is 13.5. The molecule has 4 N–H and O–H groups in total. The molecule has 0 bridgehead atoms. The minimum Gasteiger partial charge on any atom is -0.368 e. The lowest BCUT2D eigenvalue weighted by molar-refractivity contribution is -0.120. The summed E-state index contributed by atoms with van der Waals surface area (Å²) in [5.41, 5.74) is 6.13. The van der Waals surface area contributed by atoms with Crippen molar-refractivity contribution in [2.24, 2.45) is 11.1 Å². The Hall–Kier alpha value is -1.46. The second kappa shape index (κ2) is 4.58. The summed E-state index contributed by atoms with van der Waals surface area (Å²) < 4.78 is 13.5. The van der Waals surface area contributed by atoms with E-state index in [0.29, 0.717) is 18.2 Å². The van der Waals surface area contributed by atoms with Gasteiger partial charge in [0.15, 0.2) is 0 Å². The summed E-state index contributed by atoms with van der Waals surface area (Å²) in [5.74, 6) is -0.458. The smallest absolute Gasteiger partial charge is 0.234 e. The number of carbonyl (C=O) groups excluding carboxylic acids is 1. The highest BCUT2D eigenvalue weighted by Gasteiger charge is 2.60. The molecule has 2 fully saturated rings. The van der Waals surface area contributed by atoms with E-state index < -0.39 is 0 Å². The summed E-state index contributed by atoms with van der Waals surface area (Å²) >= 11 is 0. The van der Waals surface area contributed by atoms with Crippen LogP contribution < -0.4 is 16.4 Å². The van der Waals surface area contributed by atoms with Gasteiger partial charge in [0.25, 0.3) is 0 Å². The molecule has 3 rings (SSSR count). The van der Waals surface area contributed by atoms with E-state index in [-0.39, 0.29) is 23.2 Å². The molecule has 2 aliphatic rings. The SMILES string of the molecule is NC(=O)C1CC2(CNCc3ccccc3F)CC2N1. The molecule has 1 aromatic carbocycles. The van der Waals surface area contributed by atoms with Gasteiger partial charge in [0.05, 0.1) is 6.04 Å². The Labute approximate surface area is 111 Å². The van der Waals surface area contributed by atoms with Gasteiger partial charge >= 0.3 is 0 Å². The molecule has 102 valence electrons. The minimum absolute atomic E-state index is 0.144. The number of carbonyl (C=O) groups is 1. The van der Waals surface area contributed by atoms with Crippen LogP contribution in [-0.4, -0.2) is 24.5 Å². The highest BCUT2D eigenvalue weighted by atomic mass is 19.1. The quantitative estimate of drug-likeness (QED) is 0.725. The molecule has 1 amide bonds. The standard InChI is InChI=1S/C14H18FN3O/c15-10-4-2-1-3-9(10)7-17-8-14-5-11(13(16)19)18-12(14)6-14/h1-4,11-12,17-18H,5-8H2,(H2,16,19). The molecule has 5 heteroatoms. The van der Waals surface area contributed by atoms with Gasteiger partial charge in [-0.1, -0.05) is 18.2 Å². The van der Waals surface area contributed by atoms with Gasteiger partial charge in [-0.2, -0.15) is 0 Å². The number of rotatable bonds is 5. The molecule has 1 saturated heterocycles. The van der Waals surface area contributed by atoms with Crippen LogP contribution in [0.5, 0.6) is 0 Å². The first-order valence-corrected chi connectivity index (χ1v) is 6.60. The second-order valence-corrected chi connectivity index (χ2v) is 5.64. The number of primary amides is 1. The Balaban J connectivity index is 1.52. The number of benzene rings is 1. The van der Waals surface area contributed by atoms with Crippen LogP contribution in [0.3, 0.4) is 0 Å². The average molecular weight is 263 g/mol. The van der Waals surface area contributed by atoms with E-state index in [1.54, 1.807) is 12.1 Å². The van der Waals surface area contributed by atoms with Crippen molar-refractivity contribution in [1.82, 2.24) is 10.6 Å². The lowest BCUT2D eigenvalue weighted by Crippen LogP contribution is -2.38. The van der Waals surface area contributed by atoms with Crippen LogP contribution in [0.25, 0.3) is 0 Å². The first kappa shape index (κ1) is 12.6. The Morgan fingerprint density at radius 1 is 1.47 bits per heavy atom. The molecule has 3 atom stereocenters. The van der Waals surface area contributed by atoms with Crippen LogP contribution in [0.4, 0.5) is 4.39 Å². The fraction of sp³-hybridized carbons (Fsp3) is 0.500. The van der Waals surface area contributed by atoms with Crippen molar-refractivity contribution in [3.8, 4) is 0 Å². The van der Waals surface area contributed by atoms with E-state index in [4.69, 9.17) is 5.73 Å². The molecule has 3 unspecified atom stereocenters. The monoisotopic (exact) mass is 263 g/mol.